The molecule has 0 amide bonds. The molecule has 0 heterocycles. The van der Waals surface area contributed by atoms with E-state index < -0.39 is 42.2 Å². The maximum absolute atomic E-state index is 13.7. The number of nitrogens with zero attached hydrogens (tertiary/aromatic N) is 1. The van der Waals surface area contributed by atoms with Crippen LogP contribution < -0.4 is 0 Å². The summed E-state index contributed by atoms with van der Waals surface area (Å²) >= 11 is 0.805. The minimum atomic E-state index is -6.84. The number of aliphatic hydroxyl groups excluding tert-OH is 1. The largest absolute Gasteiger partial charge is 0.508 e. The van der Waals surface area contributed by atoms with Crippen LogP contribution in [-0.2, 0) is 0 Å². The number of hydrogen-bond acceptors (Lipinski definition) is 4. The summed E-state index contributed by atoms with van der Waals surface area (Å²) < 4.78 is 117. The molecule has 0 aliphatic heterocycles. The zero-order valence-corrected chi connectivity index (χ0v) is 27.7. The maximum atomic E-state index is 13.7. The van der Waals surface area contributed by atoms with Gasteiger partial charge >= 0.3 is 23.9 Å². The molecule has 0 spiro atoms. The molecule has 3 unspecified atom stereocenters. The van der Waals surface area contributed by atoms with Gasteiger partial charge in [-0.2, -0.15) is 51.3 Å². The lowest BCUT2D eigenvalue weighted by Crippen LogP contribution is -2.60. The Balaban J connectivity index is 1.20. The monoisotopic (exact) mass is 703 g/mol. The van der Waals surface area contributed by atoms with Gasteiger partial charge in [-0.15, -0.1) is 0 Å². The van der Waals surface area contributed by atoms with Crippen LogP contribution in [0.5, 0.6) is 5.75 Å². The highest BCUT2D eigenvalue weighted by molar-refractivity contribution is 7.99. The molecule has 2 fully saturated rings. The lowest BCUT2D eigenvalue weighted by molar-refractivity contribution is -0.396. The Morgan fingerprint density at radius 3 is 2.28 bits per heavy atom. The van der Waals surface area contributed by atoms with Crippen molar-refractivity contribution in [2.24, 2.45) is 23.2 Å². The van der Waals surface area contributed by atoms with E-state index in [1.165, 1.54) is 5.57 Å². The molecule has 2 saturated carbocycles. The summed E-state index contributed by atoms with van der Waals surface area (Å²) in [6, 6.07) is 5.41. The number of benzene rings is 1. The molecule has 0 radical (unpaired) electrons. The second kappa shape index (κ2) is 14.3. The van der Waals surface area contributed by atoms with Gasteiger partial charge in [0.25, 0.3) is 0 Å². The number of hydrogen-bond donors (Lipinski definition) is 2. The fourth-order valence-corrected chi connectivity index (χ4v) is 9.30. The predicted molar refractivity (Wildman–Crippen MR) is 165 cm³/mol. The summed E-state index contributed by atoms with van der Waals surface area (Å²) in [5, 5.41) is 21.8. The fourth-order valence-electron chi connectivity index (χ4n) is 8.36. The van der Waals surface area contributed by atoms with E-state index in [0.29, 0.717) is 30.7 Å². The minimum absolute atomic E-state index is 0.0756. The molecule has 13 heteroatoms. The summed E-state index contributed by atoms with van der Waals surface area (Å²) in [7, 11) is 1.88. The van der Waals surface area contributed by atoms with Crippen LogP contribution in [0.25, 0.3) is 0 Å². The number of phenols is 1. The highest BCUT2D eigenvalue weighted by Gasteiger charge is 2.81. The van der Waals surface area contributed by atoms with Crippen molar-refractivity contribution in [1.29, 1.82) is 0 Å². The Kier molecular flexibility index (Phi) is 11.6. The van der Waals surface area contributed by atoms with E-state index in [2.05, 4.69) is 13.5 Å². The SMILES string of the molecule is C=C1CCC2C3C(CC[C@]12C)c1ccc(O)cc1[C@@H](O)[C@H]3CCCCCN(C)CCCSCCC(F)(F)C(F)(F)C(F)(F)C(F)(F)F. The lowest BCUT2D eigenvalue weighted by Gasteiger charge is -2.54. The number of halogens is 9. The van der Waals surface area contributed by atoms with E-state index in [4.69, 9.17) is 0 Å². The van der Waals surface area contributed by atoms with Crippen molar-refractivity contribution in [3.8, 4) is 5.75 Å². The van der Waals surface area contributed by atoms with Crippen LogP contribution in [0.15, 0.2) is 30.4 Å². The van der Waals surface area contributed by atoms with Crippen LogP contribution in [0.1, 0.15) is 94.3 Å². The first-order valence-corrected chi connectivity index (χ1v) is 17.6. The van der Waals surface area contributed by atoms with Crippen LogP contribution in [0.3, 0.4) is 0 Å². The maximum Gasteiger partial charge on any atom is 0.460 e. The molecule has 1 aromatic carbocycles. The van der Waals surface area contributed by atoms with Gasteiger partial charge < -0.3 is 15.1 Å². The number of aromatic hydroxyl groups is 1. The first-order valence-electron chi connectivity index (χ1n) is 16.4. The number of thioether (sulfide) groups is 1. The summed E-state index contributed by atoms with van der Waals surface area (Å²) in [6.45, 7) is 8.06. The Morgan fingerprint density at radius 2 is 1.60 bits per heavy atom. The Bertz CT molecular complexity index is 1240. The Labute approximate surface area is 275 Å². The van der Waals surface area contributed by atoms with Crippen molar-refractivity contribution in [3.63, 3.8) is 0 Å². The molecule has 3 aliphatic rings. The van der Waals surface area contributed by atoms with Gasteiger partial charge in [0.2, 0.25) is 0 Å². The number of rotatable bonds is 15. The van der Waals surface area contributed by atoms with E-state index in [1.807, 2.05) is 18.0 Å². The third-order valence-electron chi connectivity index (χ3n) is 11.2. The van der Waals surface area contributed by atoms with Crippen LogP contribution in [0.2, 0.25) is 0 Å². The molecule has 2 N–H and O–H groups in total. The quantitative estimate of drug-likeness (QED) is 0.108. The molecule has 47 heavy (non-hydrogen) atoms. The number of unbranched alkanes of at least 4 members (excludes halogenated alkanes) is 2. The van der Waals surface area contributed by atoms with E-state index in [-0.39, 0.29) is 22.8 Å². The number of fused-ring (bicyclic) bond motifs is 5. The van der Waals surface area contributed by atoms with Crippen molar-refractivity contribution in [2.75, 3.05) is 31.6 Å². The molecule has 0 bridgehead atoms. The summed E-state index contributed by atoms with van der Waals surface area (Å²) in [6.07, 6.45) is -0.963. The van der Waals surface area contributed by atoms with Gasteiger partial charge in [-0.05, 0) is 129 Å². The van der Waals surface area contributed by atoms with E-state index in [0.717, 1.165) is 80.8 Å². The van der Waals surface area contributed by atoms with Crippen molar-refractivity contribution >= 4 is 11.8 Å². The fraction of sp³-hybridized carbons (Fsp3) is 0.765. The Morgan fingerprint density at radius 1 is 0.915 bits per heavy atom. The van der Waals surface area contributed by atoms with Crippen LogP contribution in [-0.4, -0.2) is 70.7 Å². The van der Waals surface area contributed by atoms with Crippen LogP contribution in [0.4, 0.5) is 39.5 Å². The lowest BCUT2D eigenvalue weighted by atomic mass is 9.51. The molecule has 6 atom stereocenters. The average molecular weight is 704 g/mol. The van der Waals surface area contributed by atoms with Crippen LogP contribution >= 0.6 is 11.8 Å². The summed E-state index contributed by atoms with van der Waals surface area (Å²) in [5.74, 6) is -18.0. The van der Waals surface area contributed by atoms with Crippen molar-refractivity contribution in [1.82, 2.24) is 4.90 Å². The van der Waals surface area contributed by atoms with Crippen molar-refractivity contribution < 1.29 is 49.7 Å². The Hall–Kier alpha value is -1.60. The van der Waals surface area contributed by atoms with Crippen molar-refractivity contribution in [2.45, 2.75) is 107 Å². The minimum Gasteiger partial charge on any atom is -0.508 e. The number of phenolic OH excluding ortho intramolecular Hbond substituents is 1. The first-order chi connectivity index (χ1) is 21.8. The molecule has 268 valence electrons. The van der Waals surface area contributed by atoms with Gasteiger partial charge in [-0.1, -0.05) is 38.0 Å². The molecule has 0 aromatic heterocycles. The van der Waals surface area contributed by atoms with Gasteiger partial charge in [0.1, 0.15) is 5.75 Å². The number of allylic oxidation sites excluding steroid dienone is 1. The predicted octanol–water partition coefficient (Wildman–Crippen LogP) is 10.00. The zero-order chi connectivity index (χ0) is 35.0. The summed E-state index contributed by atoms with van der Waals surface area (Å²) in [4.78, 5) is 2.04. The number of alkyl halides is 9. The van der Waals surface area contributed by atoms with Gasteiger partial charge in [0.15, 0.2) is 0 Å². The van der Waals surface area contributed by atoms with E-state index in [1.54, 1.807) is 12.1 Å². The zero-order valence-electron chi connectivity index (χ0n) is 26.9. The van der Waals surface area contributed by atoms with Gasteiger partial charge in [-0.3, -0.25) is 0 Å². The van der Waals surface area contributed by atoms with Crippen LogP contribution in [0, 0.1) is 23.2 Å². The second-order valence-corrected chi connectivity index (χ2v) is 15.3. The number of aliphatic hydroxyl groups is 1. The highest BCUT2D eigenvalue weighted by Crippen LogP contribution is 2.65. The van der Waals surface area contributed by atoms with E-state index >= 15 is 0 Å². The van der Waals surface area contributed by atoms with Crippen molar-refractivity contribution in [3.05, 3.63) is 41.5 Å². The highest BCUT2D eigenvalue weighted by atomic mass is 32.2. The topological polar surface area (TPSA) is 43.7 Å². The van der Waals surface area contributed by atoms with Gasteiger partial charge in [0.05, 0.1) is 6.10 Å². The molecular formula is C34H46F9NO2S. The molecule has 3 nitrogen and oxygen atoms in total. The molecule has 0 saturated heterocycles. The first kappa shape index (κ1) is 38.2. The molecule has 3 aliphatic carbocycles. The smallest absolute Gasteiger partial charge is 0.460 e. The third-order valence-corrected chi connectivity index (χ3v) is 12.2. The molecular weight excluding hydrogens is 657 g/mol. The average Bonchev–Trinajstić information content (AvgIpc) is 3.29. The third kappa shape index (κ3) is 7.47. The van der Waals surface area contributed by atoms with Gasteiger partial charge in [0, 0.05) is 6.42 Å². The molecule has 1 aromatic rings. The summed E-state index contributed by atoms with van der Waals surface area (Å²) in [5.41, 5.74) is 3.40. The molecule has 4 rings (SSSR count). The normalized spacial score (nSPS) is 28.4. The standard InChI is InChI=1S/C34H46F9NO2S/c1-21-9-12-27-28-24(13-14-30(21,27)2)23-11-10-22(45)20-26(23)29(46)25(28)8-5-4-6-16-44(3)17-7-18-47-19-15-31(35,36)32(37,38)33(39,40)34(41,42)43/h10-11,20,24-25,27-29,45-46H,1,4-9,12-19H2,2-3H3/t24?,25-,27?,28?,29-,30+/m0/s1. The second-order valence-electron chi connectivity index (χ2n) is 14.0. The van der Waals surface area contributed by atoms with E-state index in [9.17, 15) is 49.7 Å². The van der Waals surface area contributed by atoms with Gasteiger partial charge in [-0.25, -0.2) is 0 Å².